The molecule has 2 aromatic heterocycles. The number of methoxy groups -OCH3 is 1. The maximum absolute atomic E-state index is 11.2. The Bertz CT molecular complexity index is 775. The van der Waals surface area contributed by atoms with Crippen molar-refractivity contribution in [1.82, 2.24) is 15.0 Å². The third kappa shape index (κ3) is 2.15. The fraction of sp³-hybridized carbons (Fsp3) is 0.0769. The Balaban J connectivity index is 1.98. The van der Waals surface area contributed by atoms with Gasteiger partial charge >= 0.3 is 5.69 Å². The number of benzene rings is 1. The quantitative estimate of drug-likeness (QED) is 0.669. The van der Waals surface area contributed by atoms with E-state index in [0.29, 0.717) is 11.2 Å². The normalized spacial score (nSPS) is 10.6. The van der Waals surface area contributed by atoms with Crippen LogP contribution in [-0.2, 0) is 0 Å². The number of aromatic amines is 2. The number of H-pyrrole nitrogens is 2. The minimum Gasteiger partial charge on any atom is -0.495 e. The van der Waals surface area contributed by atoms with Crippen LogP contribution in [0, 0.1) is 0 Å². The molecule has 0 radical (unpaired) electrons. The Hall–Kier alpha value is -2.76. The number of hydrogen-bond donors (Lipinski definition) is 3. The molecule has 0 aliphatic carbocycles. The average Bonchev–Trinajstić information content (AvgIpc) is 2.79. The van der Waals surface area contributed by atoms with E-state index in [1.807, 2.05) is 30.3 Å². The van der Waals surface area contributed by atoms with Gasteiger partial charge in [-0.25, -0.2) is 9.78 Å². The molecule has 19 heavy (non-hydrogen) atoms. The molecule has 3 N–H and O–H groups in total. The van der Waals surface area contributed by atoms with E-state index >= 15 is 0 Å². The van der Waals surface area contributed by atoms with Gasteiger partial charge in [-0.2, -0.15) is 0 Å². The third-order valence-electron chi connectivity index (χ3n) is 2.75. The van der Waals surface area contributed by atoms with Crippen LogP contribution in [0.3, 0.4) is 0 Å². The van der Waals surface area contributed by atoms with Crippen LogP contribution >= 0.6 is 0 Å². The molecule has 96 valence electrons. The maximum Gasteiger partial charge on any atom is 0.325 e. The molecule has 3 aromatic rings. The van der Waals surface area contributed by atoms with Crippen LogP contribution in [-0.4, -0.2) is 22.1 Å². The van der Waals surface area contributed by atoms with E-state index < -0.39 is 0 Å². The molecule has 0 amide bonds. The van der Waals surface area contributed by atoms with Gasteiger partial charge in [-0.1, -0.05) is 12.1 Å². The molecule has 0 bridgehead atoms. The lowest BCUT2D eigenvalue weighted by molar-refractivity contribution is 0.417. The zero-order chi connectivity index (χ0) is 13.2. The van der Waals surface area contributed by atoms with Gasteiger partial charge in [0.25, 0.3) is 0 Å². The lowest BCUT2D eigenvalue weighted by Crippen LogP contribution is -1.99. The topological polar surface area (TPSA) is 82.8 Å². The van der Waals surface area contributed by atoms with Crippen molar-refractivity contribution in [1.29, 1.82) is 0 Å². The summed E-state index contributed by atoms with van der Waals surface area (Å²) in [5.41, 5.74) is 2.54. The largest absolute Gasteiger partial charge is 0.495 e. The highest BCUT2D eigenvalue weighted by Crippen LogP contribution is 2.27. The molecule has 0 spiro atoms. The number of aromatic nitrogens is 3. The lowest BCUT2D eigenvalue weighted by atomic mass is 10.2. The lowest BCUT2D eigenvalue weighted by Gasteiger charge is -2.10. The summed E-state index contributed by atoms with van der Waals surface area (Å²) in [6.07, 6.45) is 1.65. The molecule has 0 atom stereocenters. The summed E-state index contributed by atoms with van der Waals surface area (Å²) in [6.45, 7) is 0. The smallest absolute Gasteiger partial charge is 0.325 e. The van der Waals surface area contributed by atoms with E-state index in [0.717, 1.165) is 17.1 Å². The molecule has 6 nitrogen and oxygen atoms in total. The molecule has 0 saturated carbocycles. The second-order valence-corrected chi connectivity index (χ2v) is 4.02. The second kappa shape index (κ2) is 4.49. The SMILES string of the molecule is COc1ccccc1Nc1cnc2[nH]c(=O)[nH]c2c1. The van der Waals surface area contributed by atoms with Gasteiger partial charge in [-0.05, 0) is 18.2 Å². The fourth-order valence-electron chi connectivity index (χ4n) is 1.89. The number of fused-ring (bicyclic) bond motifs is 1. The third-order valence-corrected chi connectivity index (χ3v) is 2.75. The van der Waals surface area contributed by atoms with Gasteiger partial charge in [-0.15, -0.1) is 0 Å². The Labute approximate surface area is 108 Å². The summed E-state index contributed by atoms with van der Waals surface area (Å²) in [4.78, 5) is 20.6. The first-order valence-electron chi connectivity index (χ1n) is 5.74. The van der Waals surface area contributed by atoms with Gasteiger partial charge in [-0.3, -0.25) is 4.98 Å². The molecule has 2 heterocycles. The predicted molar refractivity (Wildman–Crippen MR) is 73.0 cm³/mol. The van der Waals surface area contributed by atoms with Gasteiger partial charge in [0.05, 0.1) is 30.2 Å². The molecule has 0 fully saturated rings. The summed E-state index contributed by atoms with van der Waals surface area (Å²) in [5.74, 6) is 0.741. The van der Waals surface area contributed by atoms with Crippen LogP contribution in [0.2, 0.25) is 0 Å². The molecular formula is C13H12N4O2. The second-order valence-electron chi connectivity index (χ2n) is 4.02. The van der Waals surface area contributed by atoms with Crippen LogP contribution < -0.4 is 15.7 Å². The minimum absolute atomic E-state index is 0.267. The standard InChI is InChI=1S/C13H12N4O2/c1-19-11-5-3-2-4-9(11)15-8-6-10-12(14-7-8)17-13(18)16-10/h2-7,15H,1H3,(H2,14,16,17,18). The van der Waals surface area contributed by atoms with E-state index in [1.165, 1.54) is 0 Å². The van der Waals surface area contributed by atoms with Gasteiger partial charge in [0.15, 0.2) is 5.65 Å². The Morgan fingerprint density at radius 2 is 2.11 bits per heavy atom. The zero-order valence-corrected chi connectivity index (χ0v) is 10.2. The average molecular weight is 256 g/mol. The molecule has 0 aliphatic heterocycles. The maximum atomic E-state index is 11.2. The number of hydrogen-bond acceptors (Lipinski definition) is 4. The van der Waals surface area contributed by atoms with Crippen LogP contribution in [0.1, 0.15) is 0 Å². The zero-order valence-electron chi connectivity index (χ0n) is 10.2. The van der Waals surface area contributed by atoms with Crippen LogP contribution in [0.15, 0.2) is 41.3 Å². The van der Waals surface area contributed by atoms with E-state index in [1.54, 1.807) is 13.3 Å². The summed E-state index contributed by atoms with van der Waals surface area (Å²) >= 11 is 0. The van der Waals surface area contributed by atoms with Crippen LogP contribution in [0.5, 0.6) is 5.75 Å². The van der Waals surface area contributed by atoms with Gasteiger partial charge < -0.3 is 15.0 Å². The number of nitrogens with zero attached hydrogens (tertiary/aromatic N) is 1. The van der Waals surface area contributed by atoms with Crippen molar-refractivity contribution >= 4 is 22.5 Å². The Morgan fingerprint density at radius 3 is 2.95 bits per heavy atom. The van der Waals surface area contributed by atoms with E-state index in [9.17, 15) is 4.79 Å². The highest BCUT2D eigenvalue weighted by molar-refractivity contribution is 5.76. The first-order chi connectivity index (χ1) is 9.26. The Morgan fingerprint density at radius 1 is 1.26 bits per heavy atom. The number of para-hydroxylation sites is 2. The first-order valence-corrected chi connectivity index (χ1v) is 5.74. The summed E-state index contributed by atoms with van der Waals surface area (Å²) < 4.78 is 5.26. The van der Waals surface area contributed by atoms with Gasteiger partial charge in [0.1, 0.15) is 5.75 Å². The number of anilines is 2. The number of imidazole rings is 1. The minimum atomic E-state index is -0.267. The van der Waals surface area contributed by atoms with E-state index in [-0.39, 0.29) is 5.69 Å². The predicted octanol–water partition coefficient (Wildman–Crippen LogP) is 2.00. The molecular weight excluding hydrogens is 244 g/mol. The Kier molecular flexibility index (Phi) is 2.68. The number of pyridine rings is 1. The van der Waals surface area contributed by atoms with Gasteiger partial charge in [0, 0.05) is 0 Å². The fourth-order valence-corrected chi connectivity index (χ4v) is 1.89. The highest BCUT2D eigenvalue weighted by atomic mass is 16.5. The van der Waals surface area contributed by atoms with Crippen molar-refractivity contribution in [3.05, 3.63) is 47.0 Å². The van der Waals surface area contributed by atoms with Crippen LogP contribution in [0.4, 0.5) is 11.4 Å². The number of rotatable bonds is 3. The molecule has 0 unspecified atom stereocenters. The number of ether oxygens (including phenoxy) is 1. The molecule has 0 saturated heterocycles. The summed E-state index contributed by atoms with van der Waals surface area (Å²) in [7, 11) is 1.62. The van der Waals surface area contributed by atoms with Crippen LogP contribution in [0.25, 0.3) is 11.2 Å². The summed E-state index contributed by atoms with van der Waals surface area (Å²) in [5, 5.41) is 3.20. The van der Waals surface area contributed by atoms with Crippen molar-refractivity contribution in [3.8, 4) is 5.75 Å². The van der Waals surface area contributed by atoms with Crippen molar-refractivity contribution in [3.63, 3.8) is 0 Å². The summed E-state index contributed by atoms with van der Waals surface area (Å²) in [6, 6.07) is 9.39. The first kappa shape index (κ1) is 11.3. The monoisotopic (exact) mass is 256 g/mol. The molecule has 1 aromatic carbocycles. The van der Waals surface area contributed by atoms with Crippen molar-refractivity contribution in [2.45, 2.75) is 0 Å². The number of nitrogens with one attached hydrogen (secondary N) is 3. The molecule has 3 rings (SSSR count). The van der Waals surface area contributed by atoms with Gasteiger partial charge in [0.2, 0.25) is 0 Å². The van der Waals surface area contributed by atoms with E-state index in [2.05, 4.69) is 20.3 Å². The highest BCUT2D eigenvalue weighted by Gasteiger charge is 2.04. The molecule has 6 heteroatoms. The van der Waals surface area contributed by atoms with E-state index in [4.69, 9.17) is 4.74 Å². The van der Waals surface area contributed by atoms with Crippen molar-refractivity contribution in [2.75, 3.05) is 12.4 Å². The van der Waals surface area contributed by atoms with Crippen molar-refractivity contribution in [2.24, 2.45) is 0 Å². The molecule has 0 aliphatic rings. The van der Waals surface area contributed by atoms with Crippen molar-refractivity contribution < 1.29 is 4.74 Å².